The van der Waals surface area contributed by atoms with Crippen molar-refractivity contribution in [3.8, 4) is 0 Å². The van der Waals surface area contributed by atoms with Gasteiger partial charge < -0.3 is 10.5 Å². The molecule has 27 heavy (non-hydrogen) atoms. The first-order valence-electron chi connectivity index (χ1n) is 9.08. The third-order valence-electron chi connectivity index (χ3n) is 4.98. The number of Topliss-reactive ketones (excluding diaryl/α,β-unsaturated/α-hetero) is 1. The van der Waals surface area contributed by atoms with Gasteiger partial charge in [-0.25, -0.2) is 9.79 Å². The van der Waals surface area contributed by atoms with Crippen LogP contribution in [0.5, 0.6) is 0 Å². The highest BCUT2D eigenvalue weighted by atomic mass is 32.2. The highest BCUT2D eigenvalue weighted by Gasteiger charge is 2.25. The largest absolute Gasteiger partial charge is 0.391 e. The molecule has 2 N–H and O–H groups in total. The SMILES string of the molecule is CC(=Nc1c(N)c(=O)n(C)c(=O)n1C)SCC(=O)C1CCCOCCC1C. The van der Waals surface area contributed by atoms with Gasteiger partial charge in [0.05, 0.1) is 10.8 Å². The summed E-state index contributed by atoms with van der Waals surface area (Å²) in [5, 5.41) is 0.583. The van der Waals surface area contributed by atoms with Gasteiger partial charge in [0.2, 0.25) is 0 Å². The number of aromatic nitrogens is 2. The topological polar surface area (TPSA) is 109 Å². The van der Waals surface area contributed by atoms with Gasteiger partial charge in [0.15, 0.2) is 5.82 Å². The quantitative estimate of drug-likeness (QED) is 0.610. The minimum Gasteiger partial charge on any atom is -0.391 e. The van der Waals surface area contributed by atoms with E-state index in [0.717, 1.165) is 23.8 Å². The van der Waals surface area contributed by atoms with Crippen molar-refractivity contribution in [2.24, 2.45) is 30.9 Å². The summed E-state index contributed by atoms with van der Waals surface area (Å²) in [7, 11) is 2.88. The Hall–Kier alpha value is -1.87. The van der Waals surface area contributed by atoms with Crippen LogP contribution >= 0.6 is 11.8 Å². The molecule has 2 heterocycles. The van der Waals surface area contributed by atoms with E-state index in [2.05, 4.69) is 11.9 Å². The lowest BCUT2D eigenvalue weighted by Crippen LogP contribution is -2.38. The van der Waals surface area contributed by atoms with E-state index in [4.69, 9.17) is 10.5 Å². The molecule has 1 aliphatic rings. The molecule has 0 saturated carbocycles. The molecular formula is C18H28N4O4S. The second-order valence-electron chi connectivity index (χ2n) is 6.96. The average Bonchev–Trinajstić information content (AvgIpc) is 2.63. The summed E-state index contributed by atoms with van der Waals surface area (Å²) in [6.45, 7) is 5.25. The van der Waals surface area contributed by atoms with Crippen LogP contribution in [0.1, 0.15) is 33.1 Å². The van der Waals surface area contributed by atoms with Crippen LogP contribution in [0.25, 0.3) is 0 Å². The predicted octanol–water partition coefficient (Wildman–Crippen LogP) is 1.47. The lowest BCUT2D eigenvalue weighted by atomic mass is 9.84. The second-order valence-corrected chi connectivity index (χ2v) is 8.12. The number of hydrogen-bond donors (Lipinski definition) is 1. The molecule has 150 valence electrons. The number of nitrogen functional groups attached to an aromatic ring is 1. The molecule has 0 bridgehead atoms. The van der Waals surface area contributed by atoms with E-state index >= 15 is 0 Å². The van der Waals surface area contributed by atoms with Gasteiger partial charge in [-0.05, 0) is 32.1 Å². The number of rotatable bonds is 4. The first-order chi connectivity index (χ1) is 12.7. The lowest BCUT2D eigenvalue weighted by molar-refractivity contribution is -0.122. The zero-order chi connectivity index (χ0) is 20.1. The van der Waals surface area contributed by atoms with Crippen LogP contribution in [-0.4, -0.2) is 38.9 Å². The summed E-state index contributed by atoms with van der Waals surface area (Å²) in [4.78, 5) is 41.0. The molecule has 0 aromatic carbocycles. The fraction of sp³-hybridized carbons (Fsp3) is 0.667. The normalized spacial score (nSPS) is 21.6. The van der Waals surface area contributed by atoms with Gasteiger partial charge in [-0.3, -0.25) is 18.7 Å². The fourth-order valence-corrected chi connectivity index (χ4v) is 3.92. The zero-order valence-corrected chi connectivity index (χ0v) is 17.2. The summed E-state index contributed by atoms with van der Waals surface area (Å²) in [6, 6.07) is 0. The van der Waals surface area contributed by atoms with E-state index in [1.165, 1.54) is 30.4 Å². The molecule has 1 aromatic rings. The van der Waals surface area contributed by atoms with Crippen molar-refractivity contribution in [2.75, 3.05) is 24.7 Å². The highest BCUT2D eigenvalue weighted by Crippen LogP contribution is 2.26. The van der Waals surface area contributed by atoms with Gasteiger partial charge in [0, 0.05) is 33.2 Å². The summed E-state index contributed by atoms with van der Waals surface area (Å²) in [5.74, 6) is 0.966. The van der Waals surface area contributed by atoms with E-state index in [1.54, 1.807) is 6.92 Å². The maximum atomic E-state index is 12.7. The Morgan fingerprint density at radius 1 is 1.26 bits per heavy atom. The molecule has 2 rings (SSSR count). The Morgan fingerprint density at radius 2 is 1.96 bits per heavy atom. The molecule has 1 fully saturated rings. The molecule has 0 aliphatic carbocycles. The number of nitrogens with two attached hydrogens (primary N) is 1. The molecule has 0 spiro atoms. The van der Waals surface area contributed by atoms with Crippen LogP contribution in [0.2, 0.25) is 0 Å². The van der Waals surface area contributed by atoms with Crippen LogP contribution in [0.4, 0.5) is 11.5 Å². The minimum absolute atomic E-state index is 0.0349. The van der Waals surface area contributed by atoms with Crippen LogP contribution in [-0.2, 0) is 23.6 Å². The monoisotopic (exact) mass is 396 g/mol. The average molecular weight is 397 g/mol. The summed E-state index contributed by atoms with van der Waals surface area (Å²) in [5.41, 5.74) is 4.69. The first kappa shape index (κ1) is 21.4. The smallest absolute Gasteiger partial charge is 0.332 e. The van der Waals surface area contributed by atoms with Crippen molar-refractivity contribution < 1.29 is 9.53 Å². The Morgan fingerprint density at radius 3 is 2.67 bits per heavy atom. The molecule has 1 aliphatic heterocycles. The Balaban J connectivity index is 2.11. The van der Waals surface area contributed by atoms with Gasteiger partial charge in [-0.2, -0.15) is 0 Å². The van der Waals surface area contributed by atoms with Gasteiger partial charge >= 0.3 is 5.69 Å². The van der Waals surface area contributed by atoms with E-state index < -0.39 is 11.2 Å². The van der Waals surface area contributed by atoms with Crippen molar-refractivity contribution in [3.63, 3.8) is 0 Å². The molecule has 1 saturated heterocycles. The molecule has 9 heteroatoms. The molecule has 2 atom stereocenters. The van der Waals surface area contributed by atoms with E-state index in [9.17, 15) is 14.4 Å². The highest BCUT2D eigenvalue weighted by molar-refractivity contribution is 8.14. The van der Waals surface area contributed by atoms with E-state index in [0.29, 0.717) is 29.9 Å². The van der Waals surface area contributed by atoms with Crippen molar-refractivity contribution in [2.45, 2.75) is 33.1 Å². The van der Waals surface area contributed by atoms with Crippen LogP contribution < -0.4 is 17.0 Å². The van der Waals surface area contributed by atoms with E-state index in [-0.39, 0.29) is 23.2 Å². The van der Waals surface area contributed by atoms with Gasteiger partial charge in [0.25, 0.3) is 5.56 Å². The fourth-order valence-electron chi connectivity index (χ4n) is 3.20. The van der Waals surface area contributed by atoms with Crippen molar-refractivity contribution in [1.29, 1.82) is 0 Å². The Bertz CT molecular complexity index is 806. The van der Waals surface area contributed by atoms with Crippen molar-refractivity contribution in [1.82, 2.24) is 9.13 Å². The van der Waals surface area contributed by atoms with E-state index in [1.807, 2.05) is 0 Å². The number of anilines is 1. The number of ether oxygens (including phenoxy) is 1. The summed E-state index contributed by atoms with van der Waals surface area (Å²) >= 11 is 1.31. The Kier molecular flexibility index (Phi) is 7.43. The first-order valence-corrected chi connectivity index (χ1v) is 10.1. The molecule has 0 radical (unpaired) electrons. The second kappa shape index (κ2) is 9.36. The third kappa shape index (κ3) is 5.10. The van der Waals surface area contributed by atoms with Crippen LogP contribution in [0.15, 0.2) is 14.6 Å². The van der Waals surface area contributed by atoms with Crippen molar-refractivity contribution >= 4 is 34.1 Å². The third-order valence-corrected chi connectivity index (χ3v) is 5.91. The lowest BCUT2D eigenvalue weighted by Gasteiger charge is -2.25. The number of nitrogens with zero attached hydrogens (tertiary/aromatic N) is 3. The number of carbonyl (C=O) groups is 1. The summed E-state index contributed by atoms with van der Waals surface area (Å²) < 4.78 is 7.67. The van der Waals surface area contributed by atoms with Gasteiger partial charge in [0.1, 0.15) is 11.5 Å². The van der Waals surface area contributed by atoms with Crippen molar-refractivity contribution in [3.05, 3.63) is 20.8 Å². The number of ketones is 1. The molecule has 1 aromatic heterocycles. The number of carbonyl (C=O) groups excluding carboxylic acids is 1. The van der Waals surface area contributed by atoms with Crippen LogP contribution in [0, 0.1) is 11.8 Å². The molecular weight excluding hydrogens is 368 g/mol. The number of thioether (sulfide) groups is 1. The molecule has 2 unspecified atom stereocenters. The number of aliphatic imine (C=N–C) groups is 1. The summed E-state index contributed by atoms with van der Waals surface area (Å²) in [6.07, 6.45) is 2.62. The maximum Gasteiger partial charge on any atom is 0.332 e. The Labute approximate surface area is 162 Å². The predicted molar refractivity (Wildman–Crippen MR) is 109 cm³/mol. The maximum absolute atomic E-state index is 12.7. The number of hydrogen-bond acceptors (Lipinski definition) is 7. The van der Waals surface area contributed by atoms with Gasteiger partial charge in [-0.1, -0.05) is 6.92 Å². The molecule has 0 amide bonds. The standard InChI is InChI=1S/C18H28N4O4S/c1-11-7-9-26-8-5-6-13(11)14(23)10-27-12(2)20-16-15(19)17(24)22(4)18(25)21(16)3/h11,13H,5-10,19H2,1-4H3. The van der Waals surface area contributed by atoms with Crippen LogP contribution in [0.3, 0.4) is 0 Å². The van der Waals surface area contributed by atoms with Gasteiger partial charge in [-0.15, -0.1) is 11.8 Å². The minimum atomic E-state index is -0.573. The zero-order valence-electron chi connectivity index (χ0n) is 16.4. The molecule has 8 nitrogen and oxygen atoms in total.